The molecule has 0 radical (unpaired) electrons. The van der Waals surface area contributed by atoms with Crippen molar-refractivity contribution in [3.63, 3.8) is 0 Å². The number of nitrogens with one attached hydrogen (secondary N) is 1. The minimum Gasteiger partial charge on any atom is -0.299 e. The molecular weight excluding hydrogens is 256 g/mol. The molecule has 104 valence electrons. The second-order valence-electron chi connectivity index (χ2n) is 4.46. The summed E-state index contributed by atoms with van der Waals surface area (Å²) in [6.07, 6.45) is 1.58. The molecule has 0 aliphatic rings. The van der Waals surface area contributed by atoms with Crippen molar-refractivity contribution in [2.45, 2.75) is 13.5 Å². The number of fused-ring (bicyclic) bond motifs is 1. The zero-order valence-electron chi connectivity index (χ0n) is 11.5. The number of amides is 1. The van der Waals surface area contributed by atoms with Gasteiger partial charge in [0.25, 0.3) is 11.5 Å². The predicted octanol–water partition coefficient (Wildman–Crippen LogP) is 1.79. The Morgan fingerprint density at radius 2 is 2.20 bits per heavy atom. The van der Waals surface area contributed by atoms with Gasteiger partial charge in [0.05, 0.1) is 7.11 Å². The fourth-order valence-corrected chi connectivity index (χ4v) is 2.10. The maximum Gasteiger partial charge on any atom is 0.291 e. The first-order valence-corrected chi connectivity index (χ1v) is 6.17. The van der Waals surface area contributed by atoms with Crippen molar-refractivity contribution >= 4 is 16.7 Å². The predicted molar refractivity (Wildman–Crippen MR) is 77.6 cm³/mol. The van der Waals surface area contributed by atoms with E-state index in [4.69, 9.17) is 0 Å². The summed E-state index contributed by atoms with van der Waals surface area (Å²) in [6, 6.07) is 7.22. The van der Waals surface area contributed by atoms with Gasteiger partial charge in [-0.25, -0.2) is 5.48 Å². The van der Waals surface area contributed by atoms with Crippen molar-refractivity contribution in [2.24, 2.45) is 0 Å². The van der Waals surface area contributed by atoms with Crippen LogP contribution in [0.5, 0.6) is 0 Å². The van der Waals surface area contributed by atoms with Crippen LogP contribution in [-0.2, 0) is 11.4 Å². The van der Waals surface area contributed by atoms with Gasteiger partial charge in [-0.2, -0.15) is 0 Å². The summed E-state index contributed by atoms with van der Waals surface area (Å²) in [6.45, 7) is 5.80. The second-order valence-corrected chi connectivity index (χ2v) is 4.46. The maximum atomic E-state index is 12.5. The van der Waals surface area contributed by atoms with Crippen LogP contribution >= 0.6 is 0 Å². The van der Waals surface area contributed by atoms with Gasteiger partial charge in [-0.05, 0) is 24.4 Å². The summed E-state index contributed by atoms with van der Waals surface area (Å²) in [7, 11) is 1.35. The number of benzene rings is 1. The second kappa shape index (κ2) is 5.71. The Balaban J connectivity index is 2.76. The van der Waals surface area contributed by atoms with E-state index in [1.165, 1.54) is 11.7 Å². The normalized spacial score (nSPS) is 10.5. The van der Waals surface area contributed by atoms with Gasteiger partial charge < -0.3 is 0 Å². The SMILES string of the molecule is C=CCn1c(C(=O)NOC)cc2ccc(C)cc2c1=O. The number of aromatic nitrogens is 1. The van der Waals surface area contributed by atoms with E-state index >= 15 is 0 Å². The first-order chi connectivity index (χ1) is 9.58. The van der Waals surface area contributed by atoms with E-state index in [0.29, 0.717) is 5.39 Å². The molecule has 0 aliphatic heterocycles. The Morgan fingerprint density at radius 1 is 1.45 bits per heavy atom. The molecular formula is C15H16N2O3. The monoisotopic (exact) mass is 272 g/mol. The first kappa shape index (κ1) is 14.0. The minimum absolute atomic E-state index is 0.215. The highest BCUT2D eigenvalue weighted by Crippen LogP contribution is 2.14. The molecule has 0 aliphatic carbocycles. The first-order valence-electron chi connectivity index (χ1n) is 6.17. The van der Waals surface area contributed by atoms with Gasteiger partial charge in [-0.1, -0.05) is 23.8 Å². The van der Waals surface area contributed by atoms with Crippen molar-refractivity contribution in [3.8, 4) is 0 Å². The molecule has 0 unspecified atom stereocenters. The fraction of sp³-hybridized carbons (Fsp3) is 0.200. The van der Waals surface area contributed by atoms with Crippen molar-refractivity contribution in [1.29, 1.82) is 0 Å². The van der Waals surface area contributed by atoms with E-state index in [1.807, 2.05) is 25.1 Å². The van der Waals surface area contributed by atoms with E-state index < -0.39 is 5.91 Å². The lowest BCUT2D eigenvalue weighted by Gasteiger charge is -2.12. The van der Waals surface area contributed by atoms with E-state index in [9.17, 15) is 9.59 Å². The largest absolute Gasteiger partial charge is 0.299 e. The number of rotatable bonds is 4. The Labute approximate surface area is 116 Å². The molecule has 1 aromatic heterocycles. The summed E-state index contributed by atoms with van der Waals surface area (Å²) in [5.74, 6) is -0.464. The van der Waals surface area contributed by atoms with Crippen molar-refractivity contribution in [2.75, 3.05) is 7.11 Å². The van der Waals surface area contributed by atoms with Crippen LogP contribution in [0.4, 0.5) is 0 Å². The summed E-state index contributed by atoms with van der Waals surface area (Å²) >= 11 is 0. The number of hydroxylamine groups is 1. The number of nitrogens with zero attached hydrogens (tertiary/aromatic N) is 1. The van der Waals surface area contributed by atoms with Crippen LogP contribution in [-0.4, -0.2) is 17.6 Å². The van der Waals surface area contributed by atoms with E-state index in [0.717, 1.165) is 10.9 Å². The fourth-order valence-electron chi connectivity index (χ4n) is 2.10. The van der Waals surface area contributed by atoms with E-state index in [-0.39, 0.29) is 17.8 Å². The average Bonchev–Trinajstić information content (AvgIpc) is 2.42. The van der Waals surface area contributed by atoms with Crippen molar-refractivity contribution in [3.05, 3.63) is 58.5 Å². The highest BCUT2D eigenvalue weighted by atomic mass is 16.6. The molecule has 5 nitrogen and oxygen atoms in total. The van der Waals surface area contributed by atoms with Crippen molar-refractivity contribution < 1.29 is 9.63 Å². The summed E-state index contributed by atoms with van der Waals surface area (Å²) in [5.41, 5.74) is 3.25. The Kier molecular flexibility index (Phi) is 4.00. The number of allylic oxidation sites excluding steroid dienone is 1. The Hall–Kier alpha value is -2.40. The Bertz CT molecular complexity index is 732. The molecule has 20 heavy (non-hydrogen) atoms. The molecule has 1 heterocycles. The molecule has 0 atom stereocenters. The molecule has 1 N–H and O–H groups in total. The van der Waals surface area contributed by atoms with Gasteiger partial charge in [-0.3, -0.25) is 19.0 Å². The molecule has 1 amide bonds. The molecule has 0 bridgehead atoms. The molecule has 5 heteroatoms. The maximum absolute atomic E-state index is 12.5. The highest BCUT2D eigenvalue weighted by Gasteiger charge is 2.14. The lowest BCUT2D eigenvalue weighted by Crippen LogP contribution is -2.31. The van der Waals surface area contributed by atoms with Gasteiger partial charge in [0.15, 0.2) is 0 Å². The van der Waals surface area contributed by atoms with Crippen LogP contribution < -0.4 is 11.0 Å². The molecule has 0 spiro atoms. The van der Waals surface area contributed by atoms with Crippen LogP contribution in [0.25, 0.3) is 10.8 Å². The Morgan fingerprint density at radius 3 is 2.85 bits per heavy atom. The minimum atomic E-state index is -0.464. The van der Waals surface area contributed by atoms with Gasteiger partial charge in [-0.15, -0.1) is 6.58 Å². The lowest BCUT2D eigenvalue weighted by atomic mass is 10.1. The summed E-state index contributed by atoms with van der Waals surface area (Å²) in [4.78, 5) is 29.1. The van der Waals surface area contributed by atoms with Gasteiger partial charge in [0.1, 0.15) is 5.69 Å². The molecule has 2 rings (SSSR count). The third-order valence-electron chi connectivity index (χ3n) is 3.01. The number of hydrogen-bond acceptors (Lipinski definition) is 3. The van der Waals surface area contributed by atoms with E-state index in [2.05, 4.69) is 16.9 Å². The molecule has 2 aromatic rings. The number of pyridine rings is 1. The van der Waals surface area contributed by atoms with Gasteiger partial charge >= 0.3 is 0 Å². The number of hydrogen-bond donors (Lipinski definition) is 1. The lowest BCUT2D eigenvalue weighted by molar-refractivity contribution is 0.0527. The molecule has 0 fully saturated rings. The zero-order valence-corrected chi connectivity index (χ0v) is 11.5. The van der Waals surface area contributed by atoms with Crippen LogP contribution in [0, 0.1) is 6.92 Å². The van der Waals surface area contributed by atoms with Gasteiger partial charge in [0, 0.05) is 11.9 Å². The summed E-state index contributed by atoms with van der Waals surface area (Å²) < 4.78 is 1.38. The number of aryl methyl sites for hydroxylation is 1. The van der Waals surface area contributed by atoms with E-state index in [1.54, 1.807) is 12.1 Å². The molecule has 0 saturated heterocycles. The van der Waals surface area contributed by atoms with Crippen LogP contribution in [0.3, 0.4) is 0 Å². The van der Waals surface area contributed by atoms with Crippen molar-refractivity contribution in [1.82, 2.24) is 10.0 Å². The summed E-state index contributed by atoms with van der Waals surface area (Å²) in [5, 5.41) is 1.31. The quantitative estimate of drug-likeness (QED) is 0.682. The van der Waals surface area contributed by atoms with Crippen LogP contribution in [0.1, 0.15) is 16.1 Å². The smallest absolute Gasteiger partial charge is 0.291 e. The molecule has 1 aromatic carbocycles. The zero-order chi connectivity index (χ0) is 14.7. The van der Waals surface area contributed by atoms with Gasteiger partial charge in [0.2, 0.25) is 0 Å². The third-order valence-corrected chi connectivity index (χ3v) is 3.01. The standard InChI is InChI=1S/C15H16N2O3/c1-4-7-17-13(14(18)16-20-3)9-11-6-5-10(2)8-12(11)15(17)19/h4-6,8-9H,1,7H2,2-3H3,(H,16,18). The number of carbonyl (C=O) groups is 1. The van der Waals surface area contributed by atoms with Crippen LogP contribution in [0.2, 0.25) is 0 Å². The molecule has 0 saturated carbocycles. The number of carbonyl (C=O) groups excluding carboxylic acids is 1. The highest BCUT2D eigenvalue weighted by molar-refractivity contribution is 5.96. The van der Waals surface area contributed by atoms with Crippen LogP contribution in [0.15, 0.2) is 41.7 Å². The topological polar surface area (TPSA) is 60.3 Å². The third kappa shape index (κ3) is 2.48. The average molecular weight is 272 g/mol.